The summed E-state index contributed by atoms with van der Waals surface area (Å²) in [6, 6.07) is 1.72. The number of ether oxygens (including phenoxy) is 1. The van der Waals surface area contributed by atoms with Crippen molar-refractivity contribution in [3.8, 4) is 0 Å². The molecule has 0 bridgehead atoms. The van der Waals surface area contributed by atoms with Crippen molar-refractivity contribution in [2.24, 2.45) is 0 Å². The van der Waals surface area contributed by atoms with Crippen LogP contribution >= 0.6 is 0 Å². The third kappa shape index (κ3) is 6.26. The van der Waals surface area contributed by atoms with E-state index in [4.69, 9.17) is 4.74 Å². The molecule has 0 unspecified atom stereocenters. The van der Waals surface area contributed by atoms with Gasteiger partial charge in [0, 0.05) is 24.7 Å². The number of nitrogens with zero attached hydrogens (tertiary/aromatic N) is 3. The fourth-order valence-electron chi connectivity index (χ4n) is 4.71. The van der Waals surface area contributed by atoms with E-state index in [0.29, 0.717) is 25.3 Å². The molecule has 1 aromatic heterocycles. The van der Waals surface area contributed by atoms with E-state index in [1.54, 1.807) is 0 Å². The minimum Gasteiger partial charge on any atom is -0.394 e. The van der Waals surface area contributed by atoms with Crippen LogP contribution in [0.1, 0.15) is 63.0 Å². The van der Waals surface area contributed by atoms with Crippen LogP contribution in [0.5, 0.6) is 0 Å². The van der Waals surface area contributed by atoms with Crippen molar-refractivity contribution in [2.75, 3.05) is 11.9 Å². The summed E-state index contributed by atoms with van der Waals surface area (Å²) in [4.78, 5) is 12.3. The molecule has 3 N–H and O–H groups in total. The van der Waals surface area contributed by atoms with Gasteiger partial charge in [-0.3, -0.25) is 4.68 Å². The molecule has 0 radical (unpaired) electrons. The van der Waals surface area contributed by atoms with E-state index in [-0.39, 0.29) is 18.4 Å². The normalized spacial score (nSPS) is 23.9. The zero-order valence-electron chi connectivity index (χ0n) is 18.6. The van der Waals surface area contributed by atoms with Crippen LogP contribution in [0.25, 0.3) is 0 Å². The van der Waals surface area contributed by atoms with Crippen LogP contribution < -0.4 is 10.6 Å². The number of benzene rings is 1. The summed E-state index contributed by atoms with van der Waals surface area (Å²) >= 11 is 0. The van der Waals surface area contributed by atoms with E-state index < -0.39 is 29.8 Å². The molecule has 1 saturated heterocycles. The maximum absolute atomic E-state index is 13.7. The molecular formula is C23H31F2N5O3. The Kier molecular flexibility index (Phi) is 7.87. The first-order chi connectivity index (χ1) is 16.0. The maximum Gasteiger partial charge on any atom is 0.319 e. The number of carbonyl (C=O) groups excluding carboxylic acids is 1. The molecule has 2 aliphatic rings. The standard InChI is InChI=1S/C23H31F2N5O3/c24-16-6-8-18(25)20(12-16)27-23(32)26-19-9-7-17(33-22(19)14-31)10-11-30-13-21(28-29-30)15-4-2-1-3-5-15/h6,8,12-13,15,17,19,22,31H,1-5,7,9-11,14H2,(H2,26,27,32)/t17-,19-,22-/m0/s1. The molecule has 2 fully saturated rings. The molecule has 8 nitrogen and oxygen atoms in total. The van der Waals surface area contributed by atoms with Gasteiger partial charge < -0.3 is 20.5 Å². The van der Waals surface area contributed by atoms with Gasteiger partial charge in [-0.2, -0.15) is 0 Å². The third-order valence-corrected chi connectivity index (χ3v) is 6.55. The summed E-state index contributed by atoms with van der Waals surface area (Å²) in [6.45, 7) is 0.408. The average Bonchev–Trinajstić information content (AvgIpc) is 3.30. The predicted molar refractivity (Wildman–Crippen MR) is 118 cm³/mol. The number of carbonyl (C=O) groups is 1. The molecule has 180 valence electrons. The fourth-order valence-corrected chi connectivity index (χ4v) is 4.71. The van der Waals surface area contributed by atoms with Gasteiger partial charge in [0.1, 0.15) is 17.7 Å². The molecular weight excluding hydrogens is 432 g/mol. The smallest absolute Gasteiger partial charge is 0.319 e. The van der Waals surface area contributed by atoms with Crippen molar-refractivity contribution in [1.82, 2.24) is 20.3 Å². The molecule has 33 heavy (non-hydrogen) atoms. The molecule has 1 aliphatic heterocycles. The van der Waals surface area contributed by atoms with E-state index in [1.165, 1.54) is 32.1 Å². The lowest BCUT2D eigenvalue weighted by Gasteiger charge is -2.36. The first-order valence-electron chi connectivity index (χ1n) is 11.7. The summed E-state index contributed by atoms with van der Waals surface area (Å²) in [5.41, 5.74) is 0.820. The Balaban J connectivity index is 1.25. The van der Waals surface area contributed by atoms with Crippen molar-refractivity contribution in [3.63, 3.8) is 0 Å². The highest BCUT2D eigenvalue weighted by Crippen LogP contribution is 2.31. The second kappa shape index (κ2) is 11.0. The van der Waals surface area contributed by atoms with E-state index in [0.717, 1.165) is 30.3 Å². The Morgan fingerprint density at radius 3 is 2.79 bits per heavy atom. The molecule has 0 spiro atoms. The van der Waals surface area contributed by atoms with Crippen LogP contribution in [0.15, 0.2) is 24.4 Å². The van der Waals surface area contributed by atoms with E-state index >= 15 is 0 Å². The predicted octanol–water partition coefficient (Wildman–Crippen LogP) is 3.72. The number of amides is 2. The number of anilines is 1. The molecule has 3 atom stereocenters. The lowest BCUT2D eigenvalue weighted by Crippen LogP contribution is -2.52. The van der Waals surface area contributed by atoms with Gasteiger partial charge in [-0.05, 0) is 44.2 Å². The van der Waals surface area contributed by atoms with Crippen molar-refractivity contribution in [2.45, 2.75) is 82.1 Å². The number of halogens is 2. The number of rotatable bonds is 7. The number of hydrogen-bond acceptors (Lipinski definition) is 5. The van der Waals surface area contributed by atoms with Gasteiger partial charge in [0.25, 0.3) is 0 Å². The minimum absolute atomic E-state index is 0.0775. The van der Waals surface area contributed by atoms with Gasteiger partial charge in [-0.25, -0.2) is 13.6 Å². The molecule has 1 aliphatic carbocycles. The number of nitrogens with one attached hydrogen (secondary N) is 2. The molecule has 1 aromatic carbocycles. The first-order valence-corrected chi connectivity index (χ1v) is 11.7. The van der Waals surface area contributed by atoms with Crippen molar-refractivity contribution < 1.29 is 23.4 Å². The van der Waals surface area contributed by atoms with E-state index in [1.807, 2.05) is 10.9 Å². The summed E-state index contributed by atoms with van der Waals surface area (Å²) < 4.78 is 34.9. The average molecular weight is 464 g/mol. The molecule has 10 heteroatoms. The van der Waals surface area contributed by atoms with Crippen molar-refractivity contribution in [3.05, 3.63) is 41.7 Å². The van der Waals surface area contributed by atoms with Crippen LogP contribution in [-0.2, 0) is 11.3 Å². The monoisotopic (exact) mass is 463 g/mol. The Labute approximate surface area is 191 Å². The molecule has 1 saturated carbocycles. The Hall–Kier alpha value is -2.59. The Morgan fingerprint density at radius 2 is 2.00 bits per heavy atom. The number of aromatic nitrogens is 3. The van der Waals surface area contributed by atoms with E-state index in [2.05, 4.69) is 20.9 Å². The van der Waals surface area contributed by atoms with Gasteiger partial charge in [0.2, 0.25) is 0 Å². The van der Waals surface area contributed by atoms with Crippen molar-refractivity contribution >= 4 is 11.7 Å². The summed E-state index contributed by atoms with van der Waals surface area (Å²) in [5, 5.41) is 23.4. The second-order valence-corrected chi connectivity index (χ2v) is 8.92. The number of aliphatic hydroxyl groups is 1. The number of urea groups is 1. The first kappa shape index (κ1) is 23.6. The molecule has 2 aromatic rings. The van der Waals surface area contributed by atoms with Gasteiger partial charge in [-0.1, -0.05) is 24.5 Å². The molecule has 2 amide bonds. The molecule has 4 rings (SSSR count). The number of aryl methyl sites for hydroxylation is 1. The maximum atomic E-state index is 13.7. The summed E-state index contributed by atoms with van der Waals surface area (Å²) in [6.07, 6.45) is 9.54. The lowest BCUT2D eigenvalue weighted by molar-refractivity contribution is -0.0905. The highest BCUT2D eigenvalue weighted by atomic mass is 19.1. The number of hydrogen-bond donors (Lipinski definition) is 3. The minimum atomic E-state index is -0.732. The van der Waals surface area contributed by atoms with Gasteiger partial charge in [0.05, 0.1) is 30.1 Å². The zero-order chi connectivity index (χ0) is 23.2. The van der Waals surface area contributed by atoms with Crippen LogP contribution in [-0.4, -0.2) is 51.0 Å². The lowest BCUT2D eigenvalue weighted by atomic mass is 9.87. The second-order valence-electron chi connectivity index (χ2n) is 8.92. The topological polar surface area (TPSA) is 101 Å². The highest BCUT2D eigenvalue weighted by molar-refractivity contribution is 5.89. The fraction of sp³-hybridized carbons (Fsp3) is 0.609. The van der Waals surface area contributed by atoms with Crippen molar-refractivity contribution in [1.29, 1.82) is 0 Å². The Morgan fingerprint density at radius 1 is 1.18 bits per heavy atom. The van der Waals surface area contributed by atoms with Gasteiger partial charge in [-0.15, -0.1) is 5.10 Å². The summed E-state index contributed by atoms with van der Waals surface area (Å²) in [5.74, 6) is -0.872. The largest absolute Gasteiger partial charge is 0.394 e. The molecule has 2 heterocycles. The third-order valence-electron chi connectivity index (χ3n) is 6.55. The highest BCUT2D eigenvalue weighted by Gasteiger charge is 2.32. The SMILES string of the molecule is O=C(Nc1cc(F)ccc1F)N[C@H]1CC[C@@H](CCn2cc(C3CCCCC3)nn2)O[C@H]1CO. The van der Waals surface area contributed by atoms with Crippen LogP contribution in [0.3, 0.4) is 0 Å². The number of aliphatic hydroxyl groups excluding tert-OH is 1. The van der Waals surface area contributed by atoms with Gasteiger partial charge >= 0.3 is 6.03 Å². The Bertz CT molecular complexity index is 935. The van der Waals surface area contributed by atoms with Crippen LogP contribution in [0.4, 0.5) is 19.3 Å². The van der Waals surface area contributed by atoms with Crippen LogP contribution in [0, 0.1) is 11.6 Å². The van der Waals surface area contributed by atoms with Gasteiger partial charge in [0.15, 0.2) is 0 Å². The van der Waals surface area contributed by atoms with Crippen LogP contribution in [0.2, 0.25) is 0 Å². The zero-order valence-corrected chi connectivity index (χ0v) is 18.6. The quantitative estimate of drug-likeness (QED) is 0.581. The van der Waals surface area contributed by atoms with E-state index in [9.17, 15) is 18.7 Å². The summed E-state index contributed by atoms with van der Waals surface area (Å²) in [7, 11) is 0.